The first-order valence-corrected chi connectivity index (χ1v) is 6.90. The lowest BCUT2D eigenvalue weighted by Gasteiger charge is -2.13. The molecule has 0 bridgehead atoms. The molecule has 0 aromatic heterocycles. The van der Waals surface area contributed by atoms with Gasteiger partial charge in [-0.2, -0.15) is 0 Å². The van der Waals surface area contributed by atoms with Gasteiger partial charge in [0.25, 0.3) is 5.69 Å². The van der Waals surface area contributed by atoms with Crippen LogP contribution in [0.3, 0.4) is 0 Å². The summed E-state index contributed by atoms with van der Waals surface area (Å²) in [7, 11) is 0. The quantitative estimate of drug-likeness (QED) is 0.617. The Morgan fingerprint density at radius 2 is 1.90 bits per heavy atom. The fraction of sp³-hybridized carbons (Fsp3) is 0.250. The number of anilines is 1. The molecule has 5 nitrogen and oxygen atoms in total. The van der Waals surface area contributed by atoms with Crippen molar-refractivity contribution in [2.45, 2.75) is 20.0 Å². The largest absolute Gasteiger partial charge is 0.489 e. The van der Waals surface area contributed by atoms with Crippen molar-refractivity contribution in [2.75, 3.05) is 11.9 Å². The maximum atomic E-state index is 11.1. The third-order valence-corrected chi connectivity index (χ3v) is 3.01. The molecule has 2 rings (SSSR count). The highest BCUT2D eigenvalue weighted by atomic mass is 16.6. The van der Waals surface area contributed by atoms with Crippen molar-refractivity contribution in [1.29, 1.82) is 0 Å². The molecule has 0 aliphatic heterocycles. The number of nitro groups is 1. The maximum absolute atomic E-state index is 11.1. The number of nitro benzene ring substituents is 1. The SMILES string of the molecule is CCCNc1c(COc2ccccc2)cccc1[N+](=O)[O-]. The van der Waals surface area contributed by atoms with E-state index in [0.717, 1.165) is 17.7 Å². The first-order valence-electron chi connectivity index (χ1n) is 6.90. The summed E-state index contributed by atoms with van der Waals surface area (Å²) in [5.74, 6) is 0.741. The van der Waals surface area contributed by atoms with Crippen LogP contribution >= 0.6 is 0 Å². The second kappa shape index (κ2) is 7.28. The van der Waals surface area contributed by atoms with Gasteiger partial charge in [-0.05, 0) is 18.6 Å². The zero-order valence-corrected chi connectivity index (χ0v) is 11.9. The van der Waals surface area contributed by atoms with E-state index in [1.165, 1.54) is 6.07 Å². The third kappa shape index (κ3) is 3.95. The van der Waals surface area contributed by atoms with Crippen LogP contribution in [-0.4, -0.2) is 11.5 Å². The molecule has 0 heterocycles. The zero-order chi connectivity index (χ0) is 15.1. The molecule has 0 spiro atoms. The number of nitrogens with one attached hydrogen (secondary N) is 1. The normalized spacial score (nSPS) is 10.1. The Labute approximate surface area is 123 Å². The van der Waals surface area contributed by atoms with Crippen LogP contribution in [0.5, 0.6) is 5.75 Å². The zero-order valence-electron chi connectivity index (χ0n) is 11.9. The Morgan fingerprint density at radius 1 is 1.14 bits per heavy atom. The summed E-state index contributed by atoms with van der Waals surface area (Å²) in [6, 6.07) is 14.4. The van der Waals surface area contributed by atoms with Crippen LogP contribution in [0.25, 0.3) is 0 Å². The van der Waals surface area contributed by atoms with Gasteiger partial charge in [0.2, 0.25) is 0 Å². The molecule has 2 aromatic rings. The average Bonchev–Trinajstić information content (AvgIpc) is 2.52. The fourth-order valence-electron chi connectivity index (χ4n) is 1.99. The number of rotatable bonds is 7. The van der Waals surface area contributed by atoms with Gasteiger partial charge >= 0.3 is 0 Å². The molecule has 0 unspecified atom stereocenters. The van der Waals surface area contributed by atoms with Gasteiger partial charge < -0.3 is 10.1 Å². The Kier molecular flexibility index (Phi) is 5.15. The topological polar surface area (TPSA) is 64.4 Å². The summed E-state index contributed by atoms with van der Waals surface area (Å²) in [6.07, 6.45) is 0.894. The van der Waals surface area contributed by atoms with Crippen molar-refractivity contribution >= 4 is 11.4 Å². The monoisotopic (exact) mass is 286 g/mol. The number of benzene rings is 2. The smallest absolute Gasteiger partial charge is 0.292 e. The van der Waals surface area contributed by atoms with Crippen LogP contribution in [0.15, 0.2) is 48.5 Å². The highest BCUT2D eigenvalue weighted by molar-refractivity contribution is 5.66. The number of ether oxygens (including phenoxy) is 1. The summed E-state index contributed by atoms with van der Waals surface area (Å²) < 4.78 is 5.68. The van der Waals surface area contributed by atoms with Crippen molar-refractivity contribution in [3.63, 3.8) is 0 Å². The lowest BCUT2D eigenvalue weighted by atomic mass is 10.1. The van der Waals surface area contributed by atoms with Crippen molar-refractivity contribution in [3.8, 4) is 5.75 Å². The van der Waals surface area contributed by atoms with E-state index in [1.807, 2.05) is 43.3 Å². The minimum Gasteiger partial charge on any atom is -0.489 e. The van der Waals surface area contributed by atoms with Crippen LogP contribution in [-0.2, 0) is 6.61 Å². The summed E-state index contributed by atoms with van der Waals surface area (Å²) >= 11 is 0. The van der Waals surface area contributed by atoms with Gasteiger partial charge in [-0.1, -0.05) is 37.3 Å². The molecule has 0 aliphatic carbocycles. The van der Waals surface area contributed by atoms with Crippen LogP contribution in [0.4, 0.5) is 11.4 Å². The van der Waals surface area contributed by atoms with Crippen molar-refractivity contribution < 1.29 is 9.66 Å². The molecular weight excluding hydrogens is 268 g/mol. The number of hydrogen-bond acceptors (Lipinski definition) is 4. The van der Waals surface area contributed by atoms with Crippen LogP contribution in [0.2, 0.25) is 0 Å². The molecule has 0 atom stereocenters. The Morgan fingerprint density at radius 3 is 2.57 bits per heavy atom. The molecule has 21 heavy (non-hydrogen) atoms. The minimum atomic E-state index is -0.371. The lowest BCUT2D eigenvalue weighted by Crippen LogP contribution is -2.08. The fourth-order valence-corrected chi connectivity index (χ4v) is 1.99. The summed E-state index contributed by atoms with van der Waals surface area (Å²) in [4.78, 5) is 10.8. The minimum absolute atomic E-state index is 0.0811. The first kappa shape index (κ1) is 14.8. The van der Waals surface area contributed by atoms with E-state index in [1.54, 1.807) is 6.07 Å². The highest BCUT2D eigenvalue weighted by Gasteiger charge is 2.17. The van der Waals surface area contributed by atoms with Gasteiger partial charge in [-0.3, -0.25) is 10.1 Å². The van der Waals surface area contributed by atoms with E-state index in [4.69, 9.17) is 4.74 Å². The van der Waals surface area contributed by atoms with Gasteiger partial charge in [0.15, 0.2) is 0 Å². The highest BCUT2D eigenvalue weighted by Crippen LogP contribution is 2.29. The van der Waals surface area contributed by atoms with Crippen molar-refractivity contribution in [1.82, 2.24) is 0 Å². The molecule has 110 valence electrons. The number of para-hydroxylation sites is 2. The molecule has 0 saturated carbocycles. The standard InChI is InChI=1S/C16H18N2O3/c1-2-11-17-16-13(7-6-10-15(16)18(19)20)12-21-14-8-4-3-5-9-14/h3-10,17H,2,11-12H2,1H3. The second-order valence-electron chi connectivity index (χ2n) is 4.60. The molecule has 0 amide bonds. The van der Waals surface area contributed by atoms with Gasteiger partial charge in [-0.15, -0.1) is 0 Å². The van der Waals surface area contributed by atoms with E-state index in [-0.39, 0.29) is 17.2 Å². The van der Waals surface area contributed by atoms with Crippen molar-refractivity contribution in [3.05, 3.63) is 64.2 Å². The average molecular weight is 286 g/mol. The van der Waals surface area contributed by atoms with Gasteiger partial charge in [0.1, 0.15) is 18.0 Å². The molecule has 0 fully saturated rings. The summed E-state index contributed by atoms with van der Waals surface area (Å²) in [5.41, 5.74) is 1.40. The Balaban J connectivity index is 2.21. The molecule has 0 saturated heterocycles. The maximum Gasteiger partial charge on any atom is 0.292 e. The number of nitrogens with zero attached hydrogens (tertiary/aromatic N) is 1. The molecule has 0 aliphatic rings. The van der Waals surface area contributed by atoms with E-state index in [2.05, 4.69) is 5.32 Å². The Hall–Kier alpha value is -2.56. The molecule has 0 radical (unpaired) electrons. The molecule has 2 aromatic carbocycles. The lowest BCUT2D eigenvalue weighted by molar-refractivity contribution is -0.384. The van der Waals surface area contributed by atoms with Crippen LogP contribution in [0, 0.1) is 10.1 Å². The molecule has 5 heteroatoms. The first-order chi connectivity index (χ1) is 10.2. The predicted octanol–water partition coefficient (Wildman–Crippen LogP) is 4.00. The van der Waals surface area contributed by atoms with E-state index in [9.17, 15) is 10.1 Å². The third-order valence-electron chi connectivity index (χ3n) is 3.01. The van der Waals surface area contributed by atoms with E-state index < -0.39 is 0 Å². The molecule has 1 N–H and O–H groups in total. The van der Waals surface area contributed by atoms with Crippen LogP contribution < -0.4 is 10.1 Å². The van der Waals surface area contributed by atoms with E-state index in [0.29, 0.717) is 12.2 Å². The van der Waals surface area contributed by atoms with Crippen molar-refractivity contribution in [2.24, 2.45) is 0 Å². The summed E-state index contributed by atoms with van der Waals surface area (Å²) in [5, 5.41) is 14.3. The summed E-state index contributed by atoms with van der Waals surface area (Å²) in [6.45, 7) is 2.99. The van der Waals surface area contributed by atoms with Gasteiger partial charge in [0.05, 0.1) is 4.92 Å². The van der Waals surface area contributed by atoms with E-state index >= 15 is 0 Å². The van der Waals surface area contributed by atoms with Crippen LogP contribution in [0.1, 0.15) is 18.9 Å². The van der Waals surface area contributed by atoms with Gasteiger partial charge in [0, 0.05) is 18.2 Å². The Bertz CT molecular complexity index is 600. The molecular formula is C16H18N2O3. The predicted molar refractivity (Wildman–Crippen MR) is 82.7 cm³/mol. The number of hydrogen-bond donors (Lipinski definition) is 1. The van der Waals surface area contributed by atoms with Gasteiger partial charge in [-0.25, -0.2) is 0 Å². The second-order valence-corrected chi connectivity index (χ2v) is 4.60.